The first-order valence-electron chi connectivity index (χ1n) is 4.90. The van der Waals surface area contributed by atoms with Crippen molar-refractivity contribution in [2.75, 3.05) is 7.11 Å². The molecule has 4 nitrogen and oxygen atoms in total. The van der Waals surface area contributed by atoms with Crippen molar-refractivity contribution in [2.24, 2.45) is 0 Å². The van der Waals surface area contributed by atoms with Crippen LogP contribution in [-0.2, 0) is 9.53 Å². The van der Waals surface area contributed by atoms with Crippen LogP contribution >= 0.6 is 0 Å². The molecule has 4 heteroatoms. The fraction of sp³-hybridized carbons (Fsp3) is 0.231. The van der Waals surface area contributed by atoms with Gasteiger partial charge in [-0.05, 0) is 37.1 Å². The highest BCUT2D eigenvalue weighted by Crippen LogP contribution is 2.16. The molecule has 0 bridgehead atoms. The zero-order valence-corrected chi connectivity index (χ0v) is 9.83. The molecule has 0 saturated carbocycles. The van der Waals surface area contributed by atoms with Gasteiger partial charge in [0.25, 0.3) is 0 Å². The summed E-state index contributed by atoms with van der Waals surface area (Å²) in [4.78, 5) is 21.8. The number of ether oxygens (including phenoxy) is 1. The van der Waals surface area contributed by atoms with Gasteiger partial charge in [-0.2, -0.15) is 0 Å². The van der Waals surface area contributed by atoms with E-state index in [4.69, 9.17) is 5.11 Å². The number of methoxy groups -OCH3 is 1. The molecule has 0 amide bonds. The Morgan fingerprint density at radius 2 is 1.76 bits per heavy atom. The second-order valence-electron chi connectivity index (χ2n) is 3.53. The third-order valence-electron chi connectivity index (χ3n) is 2.24. The standard InChI is InChI=1S/C13H12O4/c1-8-6-10(4-5-11(14)17-3)7-9(2)12(8)13(15)16/h6-7H,1-3H3,(H,15,16). The molecule has 1 N–H and O–H groups in total. The van der Waals surface area contributed by atoms with Gasteiger partial charge in [-0.15, -0.1) is 0 Å². The maximum atomic E-state index is 11.0. The summed E-state index contributed by atoms with van der Waals surface area (Å²) in [6, 6.07) is 3.26. The number of aryl methyl sites for hydroxylation is 2. The van der Waals surface area contributed by atoms with Crippen molar-refractivity contribution in [3.63, 3.8) is 0 Å². The van der Waals surface area contributed by atoms with Gasteiger partial charge in [-0.1, -0.05) is 5.92 Å². The summed E-state index contributed by atoms with van der Waals surface area (Å²) in [6.07, 6.45) is 0. The molecule has 0 aromatic heterocycles. The minimum absolute atomic E-state index is 0.272. The Morgan fingerprint density at radius 1 is 1.24 bits per heavy atom. The maximum absolute atomic E-state index is 11.0. The van der Waals surface area contributed by atoms with Crippen molar-refractivity contribution in [1.82, 2.24) is 0 Å². The lowest BCUT2D eigenvalue weighted by Gasteiger charge is -2.05. The number of aromatic carboxylic acids is 1. The van der Waals surface area contributed by atoms with Crippen LogP contribution in [0.4, 0.5) is 0 Å². The molecule has 17 heavy (non-hydrogen) atoms. The lowest BCUT2D eigenvalue weighted by Crippen LogP contribution is -2.03. The zero-order chi connectivity index (χ0) is 13.0. The van der Waals surface area contributed by atoms with Gasteiger partial charge in [0, 0.05) is 11.5 Å². The molecule has 1 aromatic carbocycles. The Hall–Kier alpha value is -2.28. The number of carboxylic acids is 1. The van der Waals surface area contributed by atoms with Crippen LogP contribution < -0.4 is 0 Å². The van der Waals surface area contributed by atoms with Gasteiger partial charge in [-0.25, -0.2) is 9.59 Å². The largest absolute Gasteiger partial charge is 0.478 e. The smallest absolute Gasteiger partial charge is 0.384 e. The molecular formula is C13H12O4. The van der Waals surface area contributed by atoms with Crippen molar-refractivity contribution in [2.45, 2.75) is 13.8 Å². The summed E-state index contributed by atoms with van der Waals surface area (Å²) >= 11 is 0. The number of hydrogen-bond acceptors (Lipinski definition) is 3. The van der Waals surface area contributed by atoms with Crippen molar-refractivity contribution in [3.05, 3.63) is 34.4 Å². The summed E-state index contributed by atoms with van der Waals surface area (Å²) < 4.78 is 4.39. The second kappa shape index (κ2) is 5.17. The SMILES string of the molecule is COC(=O)C#Cc1cc(C)c(C(=O)O)c(C)c1. The van der Waals surface area contributed by atoms with Crippen LogP contribution in [0.15, 0.2) is 12.1 Å². The van der Waals surface area contributed by atoms with E-state index in [1.54, 1.807) is 26.0 Å². The highest BCUT2D eigenvalue weighted by molar-refractivity contribution is 5.92. The minimum Gasteiger partial charge on any atom is -0.478 e. The van der Waals surface area contributed by atoms with E-state index >= 15 is 0 Å². The van der Waals surface area contributed by atoms with E-state index in [1.165, 1.54) is 7.11 Å². The number of benzene rings is 1. The molecular weight excluding hydrogens is 220 g/mol. The number of carbonyl (C=O) groups excluding carboxylic acids is 1. The fourth-order valence-electron chi connectivity index (χ4n) is 1.55. The Labute approximate surface area is 99.2 Å². The van der Waals surface area contributed by atoms with Gasteiger partial charge in [0.2, 0.25) is 0 Å². The zero-order valence-electron chi connectivity index (χ0n) is 9.83. The summed E-state index contributed by atoms with van der Waals surface area (Å²) in [6.45, 7) is 3.39. The minimum atomic E-state index is -0.965. The predicted octanol–water partition coefficient (Wildman–Crippen LogP) is 1.53. The van der Waals surface area contributed by atoms with Crippen LogP contribution in [0, 0.1) is 25.7 Å². The van der Waals surface area contributed by atoms with Crippen LogP contribution in [0.5, 0.6) is 0 Å². The van der Waals surface area contributed by atoms with Crippen molar-refractivity contribution >= 4 is 11.9 Å². The number of rotatable bonds is 1. The average molecular weight is 232 g/mol. The summed E-state index contributed by atoms with van der Waals surface area (Å²) in [5.74, 6) is 3.33. The molecule has 0 radical (unpaired) electrons. The predicted molar refractivity (Wildman–Crippen MR) is 61.8 cm³/mol. The Bertz CT molecular complexity index is 509. The average Bonchev–Trinajstić information content (AvgIpc) is 2.24. The third-order valence-corrected chi connectivity index (χ3v) is 2.24. The number of carboxylic acid groups (broad SMARTS) is 1. The molecule has 0 heterocycles. The molecule has 0 aliphatic heterocycles. The first kappa shape index (κ1) is 12.8. The topological polar surface area (TPSA) is 63.6 Å². The lowest BCUT2D eigenvalue weighted by molar-refractivity contribution is -0.133. The first-order chi connectivity index (χ1) is 7.95. The van der Waals surface area contributed by atoms with E-state index in [9.17, 15) is 9.59 Å². The molecule has 0 saturated heterocycles. The first-order valence-corrected chi connectivity index (χ1v) is 4.90. The van der Waals surface area contributed by atoms with E-state index in [0.29, 0.717) is 16.7 Å². The molecule has 0 unspecified atom stereocenters. The summed E-state index contributed by atoms with van der Waals surface area (Å²) in [5, 5.41) is 8.98. The summed E-state index contributed by atoms with van der Waals surface area (Å²) in [7, 11) is 1.25. The van der Waals surface area contributed by atoms with Gasteiger partial charge < -0.3 is 9.84 Å². The number of esters is 1. The van der Waals surface area contributed by atoms with Crippen LogP contribution in [0.2, 0.25) is 0 Å². The van der Waals surface area contributed by atoms with E-state index in [-0.39, 0.29) is 5.56 Å². The molecule has 0 atom stereocenters. The van der Waals surface area contributed by atoms with Crippen LogP contribution in [0.1, 0.15) is 27.0 Å². The molecule has 0 aliphatic carbocycles. The highest BCUT2D eigenvalue weighted by Gasteiger charge is 2.11. The van der Waals surface area contributed by atoms with Gasteiger partial charge in [0.15, 0.2) is 0 Å². The molecule has 1 aromatic rings. The molecule has 0 aliphatic rings. The highest BCUT2D eigenvalue weighted by atomic mass is 16.5. The Morgan fingerprint density at radius 3 is 2.18 bits per heavy atom. The number of hydrogen-bond donors (Lipinski definition) is 1. The summed E-state index contributed by atoms with van der Waals surface area (Å²) in [5.41, 5.74) is 2.10. The van der Waals surface area contributed by atoms with Crippen LogP contribution in [0.3, 0.4) is 0 Å². The second-order valence-corrected chi connectivity index (χ2v) is 3.53. The van der Waals surface area contributed by atoms with E-state index in [0.717, 1.165) is 0 Å². The molecule has 1 rings (SSSR count). The van der Waals surface area contributed by atoms with Gasteiger partial charge in [0.05, 0.1) is 12.7 Å². The Kier molecular flexibility index (Phi) is 3.89. The van der Waals surface area contributed by atoms with Crippen molar-refractivity contribution in [3.8, 4) is 11.8 Å². The van der Waals surface area contributed by atoms with Crippen molar-refractivity contribution in [1.29, 1.82) is 0 Å². The monoisotopic (exact) mass is 232 g/mol. The third kappa shape index (κ3) is 3.08. The quantitative estimate of drug-likeness (QED) is 0.589. The molecule has 0 spiro atoms. The van der Waals surface area contributed by atoms with E-state index in [1.807, 2.05) is 0 Å². The van der Waals surface area contributed by atoms with Gasteiger partial charge in [-0.3, -0.25) is 0 Å². The molecule has 0 fully saturated rings. The van der Waals surface area contributed by atoms with Crippen LogP contribution in [0.25, 0.3) is 0 Å². The van der Waals surface area contributed by atoms with Crippen LogP contribution in [-0.4, -0.2) is 24.2 Å². The molecule has 88 valence electrons. The Balaban J connectivity index is 3.18. The maximum Gasteiger partial charge on any atom is 0.384 e. The normalized spacial score (nSPS) is 9.12. The fourth-order valence-corrected chi connectivity index (χ4v) is 1.55. The van der Waals surface area contributed by atoms with E-state index in [2.05, 4.69) is 16.6 Å². The van der Waals surface area contributed by atoms with Crippen molar-refractivity contribution < 1.29 is 19.4 Å². The van der Waals surface area contributed by atoms with Gasteiger partial charge >= 0.3 is 11.9 Å². The lowest BCUT2D eigenvalue weighted by atomic mass is 9.99. The number of carbonyl (C=O) groups is 2. The van der Waals surface area contributed by atoms with E-state index < -0.39 is 11.9 Å². The van der Waals surface area contributed by atoms with Gasteiger partial charge in [0.1, 0.15) is 0 Å².